The van der Waals surface area contributed by atoms with Crippen LogP contribution in [0.1, 0.15) is 258 Å². The Labute approximate surface area is 412 Å². The van der Waals surface area contributed by atoms with Gasteiger partial charge in [0.15, 0.2) is 6.10 Å². The molecule has 0 aromatic heterocycles. The van der Waals surface area contributed by atoms with E-state index in [2.05, 4.69) is 74.6 Å². The fourth-order valence-corrected chi connectivity index (χ4v) is 8.61. The van der Waals surface area contributed by atoms with Crippen LogP contribution >= 0.6 is 7.82 Å². The van der Waals surface area contributed by atoms with Crippen LogP contribution in [-0.4, -0.2) is 49.3 Å². The van der Waals surface area contributed by atoms with E-state index in [1.54, 1.807) is 0 Å². The smallest absolute Gasteiger partial charge is 0.462 e. The summed E-state index contributed by atoms with van der Waals surface area (Å²) in [6.07, 6.45) is 65.7. The van der Waals surface area contributed by atoms with E-state index in [1.165, 1.54) is 154 Å². The van der Waals surface area contributed by atoms with E-state index in [-0.39, 0.29) is 38.6 Å². The number of nitrogens with two attached hydrogens (primary N) is 1. The number of allylic oxidation sites excluding steroid dienone is 10. The van der Waals surface area contributed by atoms with Crippen molar-refractivity contribution in [2.75, 3.05) is 26.4 Å². The molecule has 3 N–H and O–H groups in total. The molecule has 0 radical (unpaired) electrons. The van der Waals surface area contributed by atoms with Crippen molar-refractivity contribution in [3.05, 3.63) is 60.8 Å². The molecule has 0 aromatic carbocycles. The number of hydrogen-bond acceptors (Lipinski definition) is 8. The predicted molar refractivity (Wildman–Crippen MR) is 284 cm³/mol. The Morgan fingerprint density at radius 2 is 0.821 bits per heavy atom. The average Bonchev–Trinajstić information content (AvgIpc) is 3.32. The average molecular weight is 962 g/mol. The molecule has 9 nitrogen and oxygen atoms in total. The topological polar surface area (TPSA) is 134 Å². The van der Waals surface area contributed by atoms with Gasteiger partial charge in [-0.05, 0) is 57.8 Å². The van der Waals surface area contributed by atoms with Gasteiger partial charge in [-0.15, -0.1) is 0 Å². The van der Waals surface area contributed by atoms with Crippen LogP contribution in [0, 0.1) is 0 Å². The zero-order chi connectivity index (χ0) is 48.8. The molecule has 0 bridgehead atoms. The molecule has 0 aliphatic rings. The van der Waals surface area contributed by atoms with Crippen molar-refractivity contribution < 1.29 is 37.6 Å². The molecule has 2 atom stereocenters. The lowest BCUT2D eigenvalue weighted by molar-refractivity contribution is -0.161. The largest absolute Gasteiger partial charge is 0.472 e. The number of esters is 2. The van der Waals surface area contributed by atoms with Crippen LogP contribution in [0.15, 0.2) is 60.8 Å². The maximum atomic E-state index is 12.7. The van der Waals surface area contributed by atoms with E-state index in [9.17, 15) is 19.0 Å². The van der Waals surface area contributed by atoms with Gasteiger partial charge in [0.2, 0.25) is 0 Å². The summed E-state index contributed by atoms with van der Waals surface area (Å²) in [5.41, 5.74) is 5.37. The Balaban J connectivity index is 3.98. The maximum Gasteiger partial charge on any atom is 0.472 e. The minimum Gasteiger partial charge on any atom is -0.462 e. The molecule has 0 fully saturated rings. The molecule has 67 heavy (non-hydrogen) atoms. The summed E-state index contributed by atoms with van der Waals surface area (Å²) in [5, 5.41) is 0. The molecular formula is C57H104NO8P. The minimum absolute atomic E-state index is 0.0463. The summed E-state index contributed by atoms with van der Waals surface area (Å²) in [6, 6.07) is 0. The maximum absolute atomic E-state index is 12.7. The Kier molecular flexibility index (Phi) is 51.3. The lowest BCUT2D eigenvalue weighted by Crippen LogP contribution is -2.29. The number of rotatable bonds is 52. The second-order valence-electron chi connectivity index (χ2n) is 18.4. The van der Waals surface area contributed by atoms with E-state index in [1.807, 2.05) is 0 Å². The Hall–Kier alpha value is -2.29. The molecule has 0 saturated heterocycles. The van der Waals surface area contributed by atoms with Crippen LogP contribution in [0.2, 0.25) is 0 Å². The molecule has 2 unspecified atom stereocenters. The summed E-state index contributed by atoms with van der Waals surface area (Å²) >= 11 is 0. The Bertz CT molecular complexity index is 1280. The van der Waals surface area contributed by atoms with Gasteiger partial charge >= 0.3 is 19.8 Å². The van der Waals surface area contributed by atoms with Gasteiger partial charge in [-0.2, -0.15) is 0 Å². The summed E-state index contributed by atoms with van der Waals surface area (Å²) in [6.45, 7) is 3.62. The molecule has 0 spiro atoms. The normalized spacial score (nSPS) is 13.6. The number of unbranched alkanes of at least 4 members (excludes halogenated alkanes) is 29. The highest BCUT2D eigenvalue weighted by atomic mass is 31.2. The number of carbonyl (C=O) groups excluding carboxylic acids is 2. The zero-order valence-corrected chi connectivity index (χ0v) is 44.3. The highest BCUT2D eigenvalue weighted by molar-refractivity contribution is 7.47. The SMILES string of the molecule is CC/C=C\C/C=C\C/C=C\C/C=C\C/C=C\CCCCCC(=O)OC(COC(=O)CCCCCCCCCCCCCCCCCCCCCCCCCCCCC)COP(=O)(O)OCCN. The highest BCUT2D eigenvalue weighted by Gasteiger charge is 2.26. The first kappa shape index (κ1) is 64.7. The predicted octanol–water partition coefficient (Wildman–Crippen LogP) is 17.2. The number of phosphoric acid groups is 1. The van der Waals surface area contributed by atoms with Gasteiger partial charge in [0.25, 0.3) is 0 Å². The first-order valence-corrected chi connectivity index (χ1v) is 29.3. The first-order chi connectivity index (χ1) is 32.8. The Morgan fingerprint density at radius 1 is 0.463 bits per heavy atom. The van der Waals surface area contributed by atoms with E-state index in [4.69, 9.17) is 24.3 Å². The van der Waals surface area contributed by atoms with Crippen LogP contribution in [0.3, 0.4) is 0 Å². The monoisotopic (exact) mass is 962 g/mol. The van der Waals surface area contributed by atoms with Gasteiger partial charge in [-0.1, -0.05) is 248 Å². The van der Waals surface area contributed by atoms with E-state index in [0.29, 0.717) is 6.42 Å². The molecule has 0 amide bonds. The molecule has 0 rings (SSSR count). The molecule has 0 aliphatic heterocycles. The van der Waals surface area contributed by atoms with Crippen LogP contribution < -0.4 is 5.73 Å². The quantitative estimate of drug-likeness (QED) is 0.0264. The van der Waals surface area contributed by atoms with Crippen molar-refractivity contribution in [3.8, 4) is 0 Å². The molecule has 390 valence electrons. The van der Waals surface area contributed by atoms with Crippen LogP contribution in [0.5, 0.6) is 0 Å². The first-order valence-electron chi connectivity index (χ1n) is 27.8. The number of ether oxygens (including phenoxy) is 2. The van der Waals surface area contributed by atoms with Crippen molar-refractivity contribution >= 4 is 19.8 Å². The van der Waals surface area contributed by atoms with Crippen molar-refractivity contribution in [3.63, 3.8) is 0 Å². The van der Waals surface area contributed by atoms with Crippen molar-refractivity contribution in [2.24, 2.45) is 5.73 Å². The van der Waals surface area contributed by atoms with Crippen molar-refractivity contribution in [2.45, 2.75) is 264 Å². The second-order valence-corrected chi connectivity index (χ2v) is 19.9. The van der Waals surface area contributed by atoms with Gasteiger partial charge < -0.3 is 20.1 Å². The molecule has 0 aliphatic carbocycles. The molecular weight excluding hydrogens is 858 g/mol. The summed E-state index contributed by atoms with van der Waals surface area (Å²) in [7, 11) is -4.40. The lowest BCUT2D eigenvalue weighted by atomic mass is 10.0. The Morgan fingerprint density at radius 3 is 1.22 bits per heavy atom. The van der Waals surface area contributed by atoms with Crippen LogP contribution in [-0.2, 0) is 32.7 Å². The van der Waals surface area contributed by atoms with E-state index >= 15 is 0 Å². The number of hydrogen-bond donors (Lipinski definition) is 2. The van der Waals surface area contributed by atoms with Gasteiger partial charge in [0, 0.05) is 19.4 Å². The van der Waals surface area contributed by atoms with Crippen molar-refractivity contribution in [1.29, 1.82) is 0 Å². The minimum atomic E-state index is -4.40. The number of phosphoric ester groups is 1. The second kappa shape index (κ2) is 53.1. The third-order valence-corrected chi connectivity index (χ3v) is 12.9. The fraction of sp³-hybridized carbons (Fsp3) is 0.789. The molecule has 10 heteroatoms. The summed E-state index contributed by atoms with van der Waals surface area (Å²) in [4.78, 5) is 35.1. The zero-order valence-electron chi connectivity index (χ0n) is 43.4. The van der Waals surface area contributed by atoms with E-state index in [0.717, 1.165) is 70.6 Å². The van der Waals surface area contributed by atoms with Crippen LogP contribution in [0.4, 0.5) is 0 Å². The van der Waals surface area contributed by atoms with E-state index < -0.39 is 26.5 Å². The molecule has 0 aromatic rings. The van der Waals surface area contributed by atoms with Gasteiger partial charge in [-0.25, -0.2) is 4.57 Å². The molecule has 0 heterocycles. The fourth-order valence-electron chi connectivity index (χ4n) is 7.84. The van der Waals surface area contributed by atoms with Crippen molar-refractivity contribution in [1.82, 2.24) is 0 Å². The highest BCUT2D eigenvalue weighted by Crippen LogP contribution is 2.43. The summed E-state index contributed by atoms with van der Waals surface area (Å²) in [5.74, 6) is -0.858. The number of carbonyl (C=O) groups is 2. The third-order valence-electron chi connectivity index (χ3n) is 11.9. The van der Waals surface area contributed by atoms with Crippen LogP contribution in [0.25, 0.3) is 0 Å². The van der Waals surface area contributed by atoms with Gasteiger partial charge in [0.05, 0.1) is 13.2 Å². The lowest BCUT2D eigenvalue weighted by Gasteiger charge is -2.19. The van der Waals surface area contributed by atoms with Gasteiger partial charge in [0.1, 0.15) is 6.61 Å². The molecule has 0 saturated carbocycles. The van der Waals surface area contributed by atoms with Gasteiger partial charge in [-0.3, -0.25) is 18.6 Å². The standard InChI is InChI=1S/C57H104NO8P/c1-3-5-7-9-11-13-15-17-19-21-23-24-25-26-27-28-29-30-32-33-35-37-39-41-43-45-47-49-56(59)63-53-55(54-65-67(61,62)64-52-51-58)66-57(60)50-48-46-44-42-40-38-36-34-31-22-20-18-16-14-12-10-8-6-4-2/h6,8,12,14,18,20,31,34,38,40,55H,3-5,7,9-11,13,15-17,19,21-30,32-33,35-37,39,41-54,58H2,1-2H3,(H,61,62)/b8-6-,14-12-,20-18-,34-31-,40-38-. The third kappa shape index (κ3) is 52.9. The summed E-state index contributed by atoms with van der Waals surface area (Å²) < 4.78 is 32.9.